The molecule has 2 atom stereocenters. The van der Waals surface area contributed by atoms with E-state index in [2.05, 4.69) is 31.2 Å². The fraction of sp³-hybridized carbons (Fsp3) is 0.323. The smallest absolute Gasteiger partial charge is 0.325 e. The molecule has 12 heteroatoms. The van der Waals surface area contributed by atoms with Gasteiger partial charge in [-0.25, -0.2) is 9.07 Å². The second-order valence-electron chi connectivity index (χ2n) is 10.4. The molecule has 2 aromatic heterocycles. The summed E-state index contributed by atoms with van der Waals surface area (Å²) in [6, 6.07) is 13.9. The van der Waals surface area contributed by atoms with Crippen molar-refractivity contribution in [2.45, 2.75) is 46.1 Å². The normalized spacial score (nSPS) is 16.7. The van der Waals surface area contributed by atoms with Crippen molar-refractivity contribution in [3.05, 3.63) is 77.0 Å². The number of fused-ring (bicyclic) bond motifs is 4. The lowest BCUT2D eigenvalue weighted by Gasteiger charge is -2.22. The minimum absolute atomic E-state index is 0.00239. The van der Waals surface area contributed by atoms with Gasteiger partial charge in [0.15, 0.2) is 11.6 Å². The van der Waals surface area contributed by atoms with E-state index in [1.165, 1.54) is 10.7 Å². The van der Waals surface area contributed by atoms with E-state index in [-0.39, 0.29) is 41.1 Å². The van der Waals surface area contributed by atoms with Crippen LogP contribution in [-0.2, 0) is 14.3 Å². The van der Waals surface area contributed by atoms with Gasteiger partial charge in [-0.05, 0) is 68.7 Å². The summed E-state index contributed by atoms with van der Waals surface area (Å²) in [7, 11) is 0. The first-order chi connectivity index (χ1) is 20.7. The minimum Gasteiger partial charge on any atom is -0.465 e. The van der Waals surface area contributed by atoms with Crippen LogP contribution in [0, 0.1) is 18.7 Å². The number of carbonyl (C=O) groups excluding carboxylic acids is 2. The quantitative estimate of drug-likeness (QED) is 0.209. The van der Waals surface area contributed by atoms with Crippen molar-refractivity contribution in [1.82, 2.24) is 20.0 Å². The van der Waals surface area contributed by atoms with E-state index in [1.807, 2.05) is 37.3 Å². The van der Waals surface area contributed by atoms with Crippen molar-refractivity contribution in [2.24, 2.45) is 5.92 Å². The molecule has 0 aliphatic carbocycles. The van der Waals surface area contributed by atoms with Crippen molar-refractivity contribution in [3.63, 3.8) is 0 Å². The van der Waals surface area contributed by atoms with Crippen LogP contribution in [0.1, 0.15) is 50.5 Å². The summed E-state index contributed by atoms with van der Waals surface area (Å²) < 4.78 is 21.2. The fourth-order valence-electron chi connectivity index (χ4n) is 5.02. The lowest BCUT2D eigenvalue weighted by molar-refractivity contribution is -0.140. The van der Waals surface area contributed by atoms with Gasteiger partial charge in [0.05, 0.1) is 34.7 Å². The number of nitrogens with zero attached hydrogens (tertiary/aromatic N) is 4. The largest absolute Gasteiger partial charge is 0.465 e. The summed E-state index contributed by atoms with van der Waals surface area (Å²) in [6.07, 6.45) is 3.80. The molecule has 1 aliphatic rings. The highest BCUT2D eigenvalue weighted by molar-refractivity contribution is 6.30. The van der Waals surface area contributed by atoms with Crippen LogP contribution in [0.15, 0.2) is 54.7 Å². The second-order valence-corrected chi connectivity index (χ2v) is 10.8. The summed E-state index contributed by atoms with van der Waals surface area (Å²) in [6.45, 7) is 5.78. The third kappa shape index (κ3) is 6.77. The van der Waals surface area contributed by atoms with E-state index >= 15 is 0 Å². The standard InChI is InChI=1S/C31H33ClFN7O3/c1-4-43-28(41)17-35-21-11-12-22-20-13-14-34-26(15-20)24(9-5-7-18(2)31(42)37-25(22)16-21)36-30-19(3)40(39-38-30)27-10-6-8-23(32)29(27)33/h6,8,10-16,18,24,35-36H,4-5,7,9,17H2,1-3H3,(H,37,42)/t18-,24+/m1/s1. The molecule has 3 heterocycles. The molecule has 4 aromatic rings. The number of rotatable bonds is 7. The molecule has 0 fully saturated rings. The van der Waals surface area contributed by atoms with E-state index in [0.717, 1.165) is 23.2 Å². The van der Waals surface area contributed by atoms with Crippen LogP contribution in [0.3, 0.4) is 0 Å². The molecule has 10 nitrogen and oxygen atoms in total. The van der Waals surface area contributed by atoms with Gasteiger partial charge in [0, 0.05) is 23.4 Å². The van der Waals surface area contributed by atoms with Crippen LogP contribution in [0.25, 0.3) is 16.8 Å². The topological polar surface area (TPSA) is 123 Å². The first-order valence-electron chi connectivity index (χ1n) is 14.2. The van der Waals surface area contributed by atoms with E-state index in [9.17, 15) is 14.0 Å². The van der Waals surface area contributed by atoms with E-state index < -0.39 is 5.82 Å². The number of halogens is 2. The zero-order valence-electron chi connectivity index (χ0n) is 24.2. The van der Waals surface area contributed by atoms with Gasteiger partial charge in [0.2, 0.25) is 5.91 Å². The number of anilines is 3. The Morgan fingerprint density at radius 1 is 1.21 bits per heavy atom. The summed E-state index contributed by atoms with van der Waals surface area (Å²) in [4.78, 5) is 29.7. The van der Waals surface area contributed by atoms with Crippen LogP contribution in [0.5, 0.6) is 0 Å². The second kappa shape index (κ2) is 13.2. The third-order valence-electron chi connectivity index (χ3n) is 7.41. The number of benzene rings is 2. The average Bonchev–Trinajstić information content (AvgIpc) is 3.36. The van der Waals surface area contributed by atoms with Gasteiger partial charge in [-0.3, -0.25) is 14.6 Å². The SMILES string of the molecule is CCOC(=O)CNc1ccc2c(c1)NC(=O)[C@H](C)CCC[C@H](Nc1nnn(-c3cccc(Cl)c3F)c1C)c1cc-2ccn1. The maximum Gasteiger partial charge on any atom is 0.325 e. The lowest BCUT2D eigenvalue weighted by atomic mass is 9.95. The van der Waals surface area contributed by atoms with Gasteiger partial charge < -0.3 is 20.7 Å². The van der Waals surface area contributed by atoms with Gasteiger partial charge in [-0.2, -0.15) is 0 Å². The highest BCUT2D eigenvalue weighted by Crippen LogP contribution is 2.35. The molecule has 224 valence electrons. The summed E-state index contributed by atoms with van der Waals surface area (Å²) >= 11 is 6.00. The molecule has 2 aromatic carbocycles. The average molecular weight is 606 g/mol. The van der Waals surface area contributed by atoms with Crippen LogP contribution < -0.4 is 16.0 Å². The number of pyridine rings is 1. The number of aromatic nitrogens is 4. The van der Waals surface area contributed by atoms with E-state index in [4.69, 9.17) is 16.3 Å². The number of hydrogen-bond acceptors (Lipinski definition) is 8. The van der Waals surface area contributed by atoms with Crippen LogP contribution in [-0.4, -0.2) is 45.0 Å². The van der Waals surface area contributed by atoms with Crippen molar-refractivity contribution in [3.8, 4) is 16.8 Å². The molecule has 3 N–H and O–H groups in total. The fourth-order valence-corrected chi connectivity index (χ4v) is 5.19. The molecule has 1 aliphatic heterocycles. The third-order valence-corrected chi connectivity index (χ3v) is 7.70. The monoisotopic (exact) mass is 605 g/mol. The van der Waals surface area contributed by atoms with Crippen molar-refractivity contribution >= 4 is 40.7 Å². The van der Waals surface area contributed by atoms with Crippen LogP contribution >= 0.6 is 11.6 Å². The molecular formula is C31H33ClFN7O3. The van der Waals surface area contributed by atoms with Crippen LogP contribution in [0.2, 0.25) is 5.02 Å². The summed E-state index contributed by atoms with van der Waals surface area (Å²) in [5.41, 5.74) is 4.57. The number of esters is 1. The molecule has 1 amide bonds. The Hall–Kier alpha value is -4.51. The number of nitrogens with one attached hydrogen (secondary N) is 3. The predicted octanol–water partition coefficient (Wildman–Crippen LogP) is 6.32. The molecule has 0 saturated heterocycles. The van der Waals surface area contributed by atoms with Crippen molar-refractivity contribution in [2.75, 3.05) is 29.1 Å². The van der Waals surface area contributed by atoms with Gasteiger partial charge in [0.25, 0.3) is 0 Å². The molecule has 5 rings (SSSR count). The Labute approximate surface area is 254 Å². The first-order valence-corrected chi connectivity index (χ1v) is 14.6. The minimum atomic E-state index is -0.575. The van der Waals surface area contributed by atoms with Crippen molar-refractivity contribution < 1.29 is 18.7 Å². The Morgan fingerprint density at radius 2 is 2.05 bits per heavy atom. The lowest BCUT2D eigenvalue weighted by Crippen LogP contribution is -2.22. The maximum absolute atomic E-state index is 14.7. The zero-order valence-corrected chi connectivity index (χ0v) is 24.9. The molecular weight excluding hydrogens is 573 g/mol. The number of hydrogen-bond donors (Lipinski definition) is 3. The van der Waals surface area contributed by atoms with Gasteiger partial charge >= 0.3 is 5.97 Å². The highest BCUT2D eigenvalue weighted by Gasteiger charge is 2.23. The Bertz CT molecular complexity index is 1640. The number of ether oxygens (including phenoxy) is 1. The number of carbonyl (C=O) groups is 2. The molecule has 0 radical (unpaired) electrons. The molecule has 0 saturated carbocycles. The van der Waals surface area contributed by atoms with E-state index in [1.54, 1.807) is 32.2 Å². The van der Waals surface area contributed by atoms with E-state index in [0.29, 0.717) is 42.3 Å². The molecule has 0 spiro atoms. The maximum atomic E-state index is 14.7. The number of amides is 1. The first kappa shape index (κ1) is 30.0. The van der Waals surface area contributed by atoms with Crippen molar-refractivity contribution in [1.29, 1.82) is 0 Å². The predicted molar refractivity (Wildman–Crippen MR) is 164 cm³/mol. The summed E-state index contributed by atoms with van der Waals surface area (Å²) in [5, 5.41) is 18.1. The van der Waals surface area contributed by atoms with Gasteiger partial charge in [-0.15, -0.1) is 5.10 Å². The van der Waals surface area contributed by atoms with Gasteiger partial charge in [0.1, 0.15) is 12.2 Å². The molecule has 43 heavy (non-hydrogen) atoms. The zero-order chi connectivity index (χ0) is 30.5. The van der Waals surface area contributed by atoms with Crippen LogP contribution in [0.4, 0.5) is 21.6 Å². The molecule has 0 unspecified atom stereocenters. The van der Waals surface area contributed by atoms with Gasteiger partial charge in [-0.1, -0.05) is 42.3 Å². The summed E-state index contributed by atoms with van der Waals surface area (Å²) in [5.74, 6) is -0.783. The highest BCUT2D eigenvalue weighted by atomic mass is 35.5. The Kier molecular flexibility index (Phi) is 9.20. The Balaban J connectivity index is 1.48. The molecule has 2 bridgehead atoms. The Morgan fingerprint density at radius 3 is 2.86 bits per heavy atom.